The number of benzene rings is 1. The van der Waals surface area contributed by atoms with Crippen molar-refractivity contribution >= 4 is 44.9 Å². The highest BCUT2D eigenvalue weighted by Gasteiger charge is 2.14. The number of fused-ring (bicyclic) bond motifs is 1. The number of nitrogens with one attached hydrogen (secondary N) is 1. The van der Waals surface area contributed by atoms with Crippen LogP contribution in [-0.2, 0) is 11.8 Å². The molecule has 3 rings (SSSR count). The van der Waals surface area contributed by atoms with Crippen LogP contribution in [0, 0.1) is 18.6 Å². The summed E-state index contributed by atoms with van der Waals surface area (Å²) >= 11 is 2.48. The fraction of sp³-hybridized carbons (Fsp3) is 0.188. The number of anilines is 1. The number of halogens is 2. The van der Waals surface area contributed by atoms with Crippen molar-refractivity contribution in [1.82, 2.24) is 9.55 Å². The van der Waals surface area contributed by atoms with Crippen LogP contribution in [0.5, 0.6) is 0 Å². The van der Waals surface area contributed by atoms with Gasteiger partial charge >= 0.3 is 0 Å². The zero-order valence-electron chi connectivity index (χ0n) is 13.3. The van der Waals surface area contributed by atoms with E-state index in [-0.39, 0.29) is 17.0 Å². The SMILES string of the molecule is Cc1cc2c(=O)n(C)c(SCC(=O)Nc3ccc(F)cc3F)nc2s1. The molecule has 0 bridgehead atoms. The van der Waals surface area contributed by atoms with Crippen molar-refractivity contribution in [2.75, 3.05) is 11.1 Å². The second-order valence-electron chi connectivity index (χ2n) is 5.30. The molecule has 1 N–H and O–H groups in total. The van der Waals surface area contributed by atoms with Crippen LogP contribution in [-0.4, -0.2) is 21.2 Å². The maximum Gasteiger partial charge on any atom is 0.262 e. The first-order valence-corrected chi connectivity index (χ1v) is 9.00. The molecule has 130 valence electrons. The molecular weight excluding hydrogens is 368 g/mol. The number of aryl methyl sites for hydroxylation is 1. The predicted molar refractivity (Wildman–Crippen MR) is 95.3 cm³/mol. The lowest BCUT2D eigenvalue weighted by Gasteiger charge is -2.08. The number of rotatable bonds is 4. The van der Waals surface area contributed by atoms with Gasteiger partial charge in [-0.05, 0) is 25.1 Å². The van der Waals surface area contributed by atoms with E-state index in [4.69, 9.17) is 0 Å². The summed E-state index contributed by atoms with van der Waals surface area (Å²) in [7, 11) is 1.58. The minimum atomic E-state index is -0.848. The molecule has 0 unspecified atom stereocenters. The maximum atomic E-state index is 13.5. The number of nitrogens with zero attached hydrogens (tertiary/aromatic N) is 2. The Bertz CT molecular complexity index is 1030. The van der Waals surface area contributed by atoms with Crippen LogP contribution in [0.4, 0.5) is 14.5 Å². The topological polar surface area (TPSA) is 64.0 Å². The summed E-state index contributed by atoms with van der Waals surface area (Å²) in [4.78, 5) is 30.3. The number of amides is 1. The largest absolute Gasteiger partial charge is 0.323 e. The van der Waals surface area contributed by atoms with E-state index >= 15 is 0 Å². The Labute approximate surface area is 149 Å². The van der Waals surface area contributed by atoms with Crippen LogP contribution in [0.25, 0.3) is 10.2 Å². The fourth-order valence-electron chi connectivity index (χ4n) is 2.20. The molecule has 0 fully saturated rings. The van der Waals surface area contributed by atoms with Gasteiger partial charge in [0.15, 0.2) is 5.16 Å². The van der Waals surface area contributed by atoms with Crippen LogP contribution >= 0.6 is 23.1 Å². The second-order valence-corrected chi connectivity index (χ2v) is 7.47. The molecule has 0 saturated carbocycles. The van der Waals surface area contributed by atoms with Crippen molar-refractivity contribution in [3.8, 4) is 0 Å². The van der Waals surface area contributed by atoms with Crippen LogP contribution in [0.3, 0.4) is 0 Å². The van der Waals surface area contributed by atoms with Gasteiger partial charge in [0.2, 0.25) is 5.91 Å². The van der Waals surface area contributed by atoms with Crippen LogP contribution in [0.1, 0.15) is 4.88 Å². The monoisotopic (exact) mass is 381 g/mol. The molecule has 25 heavy (non-hydrogen) atoms. The smallest absolute Gasteiger partial charge is 0.262 e. The van der Waals surface area contributed by atoms with Crippen molar-refractivity contribution in [2.24, 2.45) is 7.05 Å². The van der Waals surface area contributed by atoms with Gasteiger partial charge < -0.3 is 5.32 Å². The summed E-state index contributed by atoms with van der Waals surface area (Å²) < 4.78 is 27.8. The second kappa shape index (κ2) is 6.93. The Kier molecular flexibility index (Phi) is 4.87. The molecule has 5 nitrogen and oxygen atoms in total. The van der Waals surface area contributed by atoms with Gasteiger partial charge in [0.1, 0.15) is 16.5 Å². The van der Waals surface area contributed by atoms with Crippen molar-refractivity contribution in [3.05, 3.63) is 51.1 Å². The number of aromatic nitrogens is 2. The molecule has 3 aromatic rings. The van der Waals surface area contributed by atoms with E-state index in [1.807, 2.05) is 6.92 Å². The summed E-state index contributed by atoms with van der Waals surface area (Å²) in [6, 6.07) is 4.70. The molecule has 0 aliphatic carbocycles. The first-order chi connectivity index (χ1) is 11.8. The van der Waals surface area contributed by atoms with Gasteiger partial charge in [-0.1, -0.05) is 11.8 Å². The number of hydrogen-bond acceptors (Lipinski definition) is 5. The molecule has 0 atom stereocenters. The van der Waals surface area contributed by atoms with Gasteiger partial charge in [-0.25, -0.2) is 13.8 Å². The Morgan fingerprint density at radius 2 is 2.12 bits per heavy atom. The average molecular weight is 381 g/mol. The summed E-state index contributed by atoms with van der Waals surface area (Å²) in [6.07, 6.45) is 0. The van der Waals surface area contributed by atoms with Gasteiger partial charge in [-0.15, -0.1) is 11.3 Å². The van der Waals surface area contributed by atoms with E-state index in [1.54, 1.807) is 13.1 Å². The maximum absolute atomic E-state index is 13.5. The molecule has 0 saturated heterocycles. The molecule has 9 heteroatoms. The predicted octanol–water partition coefficient (Wildman–Crippen LogP) is 3.31. The molecule has 0 spiro atoms. The van der Waals surface area contributed by atoms with E-state index in [9.17, 15) is 18.4 Å². The first kappa shape index (κ1) is 17.6. The standard InChI is InChI=1S/C16H13F2N3O2S2/c1-8-5-10-14(25-8)20-16(21(2)15(10)23)24-7-13(22)19-12-4-3-9(17)6-11(12)18/h3-6H,7H2,1-2H3,(H,19,22). The van der Waals surface area contributed by atoms with Gasteiger partial charge in [0.05, 0.1) is 16.8 Å². The number of thiophene rings is 1. The quantitative estimate of drug-likeness (QED) is 0.556. The van der Waals surface area contributed by atoms with Crippen molar-refractivity contribution in [3.63, 3.8) is 0 Å². The van der Waals surface area contributed by atoms with Crippen LogP contribution < -0.4 is 10.9 Å². The minimum Gasteiger partial charge on any atom is -0.323 e. The highest BCUT2D eigenvalue weighted by molar-refractivity contribution is 7.99. The number of thioether (sulfide) groups is 1. The van der Waals surface area contributed by atoms with Gasteiger partial charge in [-0.2, -0.15) is 0 Å². The van der Waals surface area contributed by atoms with Crippen LogP contribution in [0.15, 0.2) is 34.2 Å². The summed E-state index contributed by atoms with van der Waals surface area (Å²) in [5.41, 5.74) is -0.278. The average Bonchev–Trinajstić information content (AvgIpc) is 2.93. The first-order valence-electron chi connectivity index (χ1n) is 7.20. The normalized spacial score (nSPS) is 11.0. The van der Waals surface area contributed by atoms with Crippen molar-refractivity contribution < 1.29 is 13.6 Å². The Morgan fingerprint density at radius 1 is 1.36 bits per heavy atom. The van der Waals surface area contributed by atoms with E-state index < -0.39 is 17.5 Å². The molecule has 0 radical (unpaired) electrons. The van der Waals surface area contributed by atoms with E-state index in [0.29, 0.717) is 21.4 Å². The lowest BCUT2D eigenvalue weighted by atomic mass is 10.3. The number of carbonyl (C=O) groups is 1. The van der Waals surface area contributed by atoms with Crippen LogP contribution in [0.2, 0.25) is 0 Å². The molecule has 0 aliphatic rings. The Hall–Kier alpha value is -2.26. The van der Waals surface area contributed by atoms with E-state index in [0.717, 1.165) is 28.8 Å². The minimum absolute atomic E-state index is 0.0625. The summed E-state index contributed by atoms with van der Waals surface area (Å²) in [6.45, 7) is 1.89. The van der Waals surface area contributed by atoms with E-state index in [2.05, 4.69) is 10.3 Å². The lowest BCUT2D eigenvalue weighted by Crippen LogP contribution is -2.21. The summed E-state index contributed by atoms with van der Waals surface area (Å²) in [5, 5.41) is 3.31. The van der Waals surface area contributed by atoms with Gasteiger partial charge in [0.25, 0.3) is 5.56 Å². The van der Waals surface area contributed by atoms with Gasteiger partial charge in [0, 0.05) is 18.0 Å². The van der Waals surface area contributed by atoms with Crippen molar-refractivity contribution in [1.29, 1.82) is 0 Å². The molecule has 0 aliphatic heterocycles. The Balaban J connectivity index is 1.75. The highest BCUT2D eigenvalue weighted by Crippen LogP contribution is 2.24. The van der Waals surface area contributed by atoms with Gasteiger partial charge in [-0.3, -0.25) is 14.2 Å². The highest BCUT2D eigenvalue weighted by atomic mass is 32.2. The molecule has 2 aromatic heterocycles. The number of hydrogen-bond donors (Lipinski definition) is 1. The zero-order chi connectivity index (χ0) is 18.1. The molecule has 1 amide bonds. The molecular formula is C16H13F2N3O2S2. The molecule has 2 heterocycles. The zero-order valence-corrected chi connectivity index (χ0v) is 14.9. The summed E-state index contributed by atoms with van der Waals surface area (Å²) in [5.74, 6) is -2.11. The lowest BCUT2D eigenvalue weighted by molar-refractivity contribution is -0.113. The number of carbonyl (C=O) groups excluding carboxylic acids is 1. The third-order valence-corrected chi connectivity index (χ3v) is 5.37. The fourth-order valence-corrected chi connectivity index (χ4v) is 3.90. The molecule has 1 aromatic carbocycles. The van der Waals surface area contributed by atoms with Crippen molar-refractivity contribution in [2.45, 2.75) is 12.1 Å². The third-order valence-electron chi connectivity index (χ3n) is 3.39. The van der Waals surface area contributed by atoms with E-state index in [1.165, 1.54) is 15.9 Å². The Morgan fingerprint density at radius 3 is 2.84 bits per heavy atom. The third kappa shape index (κ3) is 3.72.